The van der Waals surface area contributed by atoms with Crippen molar-refractivity contribution in [3.63, 3.8) is 0 Å². The minimum atomic E-state index is -3.55. The number of sulfone groups is 1. The second-order valence-corrected chi connectivity index (χ2v) is 8.31. The molecule has 3 rings (SSSR count). The van der Waals surface area contributed by atoms with Crippen molar-refractivity contribution in [2.45, 2.75) is 30.3 Å². The summed E-state index contributed by atoms with van der Waals surface area (Å²) in [6.07, 6.45) is 0.106. The molecule has 1 aliphatic heterocycles. The van der Waals surface area contributed by atoms with Gasteiger partial charge < -0.3 is 10.0 Å². The number of nitrogens with zero attached hydrogens (tertiary/aromatic N) is 1. The van der Waals surface area contributed by atoms with Gasteiger partial charge in [-0.15, -0.1) is 0 Å². The van der Waals surface area contributed by atoms with E-state index in [1.165, 1.54) is 17.9 Å². The fourth-order valence-electron chi connectivity index (χ4n) is 3.45. The lowest BCUT2D eigenvalue weighted by Crippen LogP contribution is -2.48. The molecule has 0 fully saturated rings. The van der Waals surface area contributed by atoms with Crippen LogP contribution in [0.1, 0.15) is 24.1 Å². The van der Waals surface area contributed by atoms with Crippen LogP contribution in [0, 0.1) is 0 Å². The fourth-order valence-corrected chi connectivity index (χ4v) is 5.24. The number of carbonyl (C=O) groups is 2. The average Bonchev–Trinajstić information content (AvgIpc) is 2.86. The third-order valence-electron chi connectivity index (χ3n) is 4.58. The van der Waals surface area contributed by atoms with Crippen LogP contribution < -0.4 is 0 Å². The van der Waals surface area contributed by atoms with Crippen molar-refractivity contribution in [2.75, 3.05) is 5.75 Å². The van der Waals surface area contributed by atoms with Crippen LogP contribution in [0.15, 0.2) is 59.5 Å². The number of carboxylic acids is 1. The van der Waals surface area contributed by atoms with Crippen LogP contribution >= 0.6 is 0 Å². The number of fused-ring (bicyclic) bond motifs is 1. The van der Waals surface area contributed by atoms with E-state index in [9.17, 15) is 23.1 Å². The Balaban J connectivity index is 2.03. The zero-order chi connectivity index (χ0) is 18.9. The van der Waals surface area contributed by atoms with Crippen LogP contribution in [0.3, 0.4) is 0 Å². The zero-order valence-electron chi connectivity index (χ0n) is 14.2. The Kier molecular flexibility index (Phi) is 4.82. The summed E-state index contributed by atoms with van der Waals surface area (Å²) >= 11 is 0. The molecule has 0 bridgehead atoms. The summed E-state index contributed by atoms with van der Waals surface area (Å²) in [5.41, 5.74) is 1.24. The van der Waals surface area contributed by atoms with Gasteiger partial charge in [-0.1, -0.05) is 48.5 Å². The monoisotopic (exact) mass is 373 g/mol. The lowest BCUT2D eigenvalue weighted by molar-refractivity contribution is -0.151. The molecule has 1 amide bonds. The predicted octanol–water partition coefficient (Wildman–Crippen LogP) is 2.06. The van der Waals surface area contributed by atoms with Crippen molar-refractivity contribution in [3.8, 4) is 0 Å². The number of hydrogen-bond donors (Lipinski definition) is 1. The number of aliphatic carboxylic acids is 1. The van der Waals surface area contributed by atoms with Crippen LogP contribution in [0.25, 0.3) is 0 Å². The van der Waals surface area contributed by atoms with Gasteiger partial charge in [-0.25, -0.2) is 13.2 Å². The molecule has 1 heterocycles. The van der Waals surface area contributed by atoms with E-state index in [0.29, 0.717) is 5.56 Å². The van der Waals surface area contributed by atoms with Gasteiger partial charge in [0.2, 0.25) is 5.91 Å². The Morgan fingerprint density at radius 3 is 2.35 bits per heavy atom. The van der Waals surface area contributed by atoms with Gasteiger partial charge >= 0.3 is 5.97 Å². The number of carboxylic acid groups (broad SMARTS) is 1. The van der Waals surface area contributed by atoms with Crippen LogP contribution in [-0.4, -0.2) is 42.1 Å². The number of rotatable bonds is 5. The van der Waals surface area contributed by atoms with Gasteiger partial charge in [0.1, 0.15) is 6.04 Å². The van der Waals surface area contributed by atoms with Crippen molar-refractivity contribution >= 4 is 21.7 Å². The summed E-state index contributed by atoms with van der Waals surface area (Å²) in [5, 5.41) is 9.75. The highest BCUT2D eigenvalue weighted by atomic mass is 32.2. The van der Waals surface area contributed by atoms with E-state index in [-0.39, 0.29) is 17.1 Å². The quantitative estimate of drug-likeness (QED) is 0.866. The van der Waals surface area contributed by atoms with E-state index in [2.05, 4.69) is 0 Å². The molecule has 7 heteroatoms. The topological polar surface area (TPSA) is 91.8 Å². The van der Waals surface area contributed by atoms with Crippen molar-refractivity contribution in [1.82, 2.24) is 4.90 Å². The van der Waals surface area contributed by atoms with Crippen molar-refractivity contribution in [3.05, 3.63) is 65.7 Å². The Morgan fingerprint density at radius 1 is 1.12 bits per heavy atom. The molecule has 6 nitrogen and oxygen atoms in total. The lowest BCUT2D eigenvalue weighted by atomic mass is 10.00. The first-order chi connectivity index (χ1) is 12.3. The second-order valence-electron chi connectivity index (χ2n) is 6.31. The molecule has 0 saturated heterocycles. The SMILES string of the molecule is CC(=O)N(C(Cc1ccccc1)C(=O)O)[C@@H]1CS(=O)(=O)c2ccccc21. The molecule has 0 spiro atoms. The van der Waals surface area contributed by atoms with Crippen LogP contribution in [0.4, 0.5) is 0 Å². The highest BCUT2D eigenvalue weighted by molar-refractivity contribution is 7.91. The van der Waals surface area contributed by atoms with E-state index in [1.807, 2.05) is 6.07 Å². The molecule has 2 aromatic rings. The summed E-state index contributed by atoms with van der Waals surface area (Å²) in [6, 6.07) is 13.5. The Labute approximate surface area is 152 Å². The summed E-state index contributed by atoms with van der Waals surface area (Å²) in [6.45, 7) is 1.27. The van der Waals surface area contributed by atoms with Gasteiger partial charge in [-0.3, -0.25) is 4.79 Å². The first kappa shape index (κ1) is 18.1. The fraction of sp³-hybridized carbons (Fsp3) is 0.263. The Bertz CT molecular complexity index is 939. The summed E-state index contributed by atoms with van der Waals surface area (Å²) in [7, 11) is -3.55. The van der Waals surface area contributed by atoms with Crippen LogP contribution in [0.2, 0.25) is 0 Å². The molecule has 1 N–H and O–H groups in total. The maximum Gasteiger partial charge on any atom is 0.326 e. The molecule has 2 atom stereocenters. The number of benzene rings is 2. The molecule has 0 saturated carbocycles. The van der Waals surface area contributed by atoms with Crippen LogP contribution in [0.5, 0.6) is 0 Å². The highest BCUT2D eigenvalue weighted by Gasteiger charge is 2.43. The molecule has 0 aliphatic carbocycles. The van der Waals surface area contributed by atoms with Crippen molar-refractivity contribution in [2.24, 2.45) is 0 Å². The second kappa shape index (κ2) is 6.92. The molecule has 1 aliphatic rings. The first-order valence-electron chi connectivity index (χ1n) is 8.18. The van der Waals surface area contributed by atoms with Gasteiger partial charge in [-0.2, -0.15) is 0 Å². The molecule has 1 unspecified atom stereocenters. The molecule has 136 valence electrons. The first-order valence-corrected chi connectivity index (χ1v) is 9.84. The molecule has 0 radical (unpaired) electrons. The van der Waals surface area contributed by atoms with Gasteiger partial charge in [0, 0.05) is 13.3 Å². The highest BCUT2D eigenvalue weighted by Crippen LogP contribution is 2.38. The largest absolute Gasteiger partial charge is 0.480 e. The molecular weight excluding hydrogens is 354 g/mol. The lowest BCUT2D eigenvalue weighted by Gasteiger charge is -2.33. The van der Waals surface area contributed by atoms with Crippen molar-refractivity contribution in [1.29, 1.82) is 0 Å². The molecule has 2 aromatic carbocycles. The Hall–Kier alpha value is -2.67. The smallest absolute Gasteiger partial charge is 0.326 e. The number of hydrogen-bond acceptors (Lipinski definition) is 4. The average molecular weight is 373 g/mol. The zero-order valence-corrected chi connectivity index (χ0v) is 15.0. The maximum absolute atomic E-state index is 12.5. The number of amides is 1. The van der Waals surface area contributed by atoms with E-state index in [4.69, 9.17) is 0 Å². The predicted molar refractivity (Wildman–Crippen MR) is 95.3 cm³/mol. The standard InChI is InChI=1S/C19H19NO5S/c1-13(21)20(16(19(22)23)11-14-7-3-2-4-8-14)17-12-26(24,25)18-10-6-5-9-15(17)18/h2-10,16-17H,11-12H2,1H3,(H,22,23)/t16?,17-/m1/s1. The minimum absolute atomic E-state index is 0.106. The normalized spacial score (nSPS) is 18.7. The van der Waals surface area contributed by atoms with Gasteiger partial charge in [0.05, 0.1) is 16.7 Å². The molecule has 26 heavy (non-hydrogen) atoms. The molecule has 0 aromatic heterocycles. The summed E-state index contributed by atoms with van der Waals surface area (Å²) in [5.74, 6) is -1.93. The van der Waals surface area contributed by atoms with E-state index in [1.54, 1.807) is 42.5 Å². The van der Waals surface area contributed by atoms with E-state index in [0.717, 1.165) is 5.56 Å². The van der Waals surface area contributed by atoms with E-state index < -0.39 is 33.8 Å². The number of carbonyl (C=O) groups excluding carboxylic acids is 1. The van der Waals surface area contributed by atoms with E-state index >= 15 is 0 Å². The molecular formula is C19H19NO5S. The summed E-state index contributed by atoms with van der Waals surface area (Å²) in [4.78, 5) is 25.7. The maximum atomic E-state index is 12.5. The van der Waals surface area contributed by atoms with Crippen molar-refractivity contribution < 1.29 is 23.1 Å². The van der Waals surface area contributed by atoms with Gasteiger partial charge in [0.15, 0.2) is 9.84 Å². The minimum Gasteiger partial charge on any atom is -0.480 e. The summed E-state index contributed by atoms with van der Waals surface area (Å²) < 4.78 is 24.9. The van der Waals surface area contributed by atoms with Gasteiger partial charge in [-0.05, 0) is 17.2 Å². The van der Waals surface area contributed by atoms with Gasteiger partial charge in [0.25, 0.3) is 0 Å². The third-order valence-corrected chi connectivity index (χ3v) is 6.38. The Morgan fingerprint density at radius 2 is 1.73 bits per heavy atom. The van der Waals surface area contributed by atoms with Crippen LogP contribution in [-0.2, 0) is 25.8 Å². The third kappa shape index (κ3) is 3.35.